The largest absolute Gasteiger partial charge is 0.395 e. The molecule has 0 radical (unpaired) electrons. The molecule has 11 heavy (non-hydrogen) atoms. The first-order chi connectivity index (χ1) is 5.04. The Balaban J connectivity index is 3.46. The Morgan fingerprint density at radius 1 is 1.36 bits per heavy atom. The minimum absolute atomic E-state index is 0.201. The second kappa shape index (κ2) is 3.10. The van der Waals surface area contributed by atoms with Crippen LogP contribution in [0.25, 0.3) is 0 Å². The predicted octanol–water partition coefficient (Wildman–Crippen LogP) is 2.80. The van der Waals surface area contributed by atoms with Crippen LogP contribution >= 0.6 is 34.2 Å². The van der Waals surface area contributed by atoms with Crippen molar-refractivity contribution in [1.29, 1.82) is 0 Å². The van der Waals surface area contributed by atoms with Crippen molar-refractivity contribution in [2.24, 2.45) is 0 Å². The number of nitrogens with two attached hydrogens (primary N) is 1. The van der Waals surface area contributed by atoms with Crippen molar-refractivity contribution < 1.29 is 8.78 Å². The first-order valence-electron chi connectivity index (χ1n) is 2.62. The molecule has 0 bridgehead atoms. The highest BCUT2D eigenvalue weighted by atomic mass is 127. The van der Waals surface area contributed by atoms with Crippen molar-refractivity contribution in [3.8, 4) is 0 Å². The third kappa shape index (κ3) is 1.56. The molecule has 1 aromatic rings. The Labute approximate surface area is 80.7 Å². The fourth-order valence-corrected chi connectivity index (χ4v) is 1.50. The van der Waals surface area contributed by atoms with Crippen LogP contribution in [-0.4, -0.2) is 0 Å². The summed E-state index contributed by atoms with van der Waals surface area (Å²) in [5.74, 6) is -2.17. The van der Waals surface area contributed by atoms with E-state index in [-0.39, 0.29) is 10.7 Å². The van der Waals surface area contributed by atoms with Gasteiger partial charge in [0.15, 0.2) is 11.6 Å². The molecule has 0 aromatic heterocycles. The highest BCUT2D eigenvalue weighted by Gasteiger charge is 2.13. The summed E-state index contributed by atoms with van der Waals surface area (Å²) >= 11 is 7.09. The fraction of sp³-hybridized carbons (Fsp3) is 0. The van der Waals surface area contributed by atoms with E-state index in [4.69, 9.17) is 17.3 Å². The number of hydrogen-bond acceptors (Lipinski definition) is 1. The summed E-state index contributed by atoms with van der Waals surface area (Å²) in [5, 5.41) is -0.249. The van der Waals surface area contributed by atoms with E-state index in [1.807, 2.05) is 0 Å². The smallest absolute Gasteiger partial charge is 0.184 e. The Hall–Kier alpha value is -0.100. The van der Waals surface area contributed by atoms with E-state index in [9.17, 15) is 8.78 Å². The Bertz CT molecular complexity index is 277. The van der Waals surface area contributed by atoms with Crippen molar-refractivity contribution in [2.75, 3.05) is 5.73 Å². The molecular formula is C6H3ClF2IN. The normalized spacial score (nSPS) is 10.2. The average Bonchev–Trinajstić information content (AvgIpc) is 1.97. The van der Waals surface area contributed by atoms with Gasteiger partial charge in [0.05, 0.1) is 10.7 Å². The number of hydrogen-bond donors (Lipinski definition) is 1. The van der Waals surface area contributed by atoms with Gasteiger partial charge in [-0.25, -0.2) is 8.78 Å². The van der Waals surface area contributed by atoms with Crippen LogP contribution in [-0.2, 0) is 0 Å². The van der Waals surface area contributed by atoms with Crippen LogP contribution in [0.5, 0.6) is 0 Å². The minimum atomic E-state index is -1.09. The van der Waals surface area contributed by atoms with Crippen LogP contribution in [0.1, 0.15) is 0 Å². The van der Waals surface area contributed by atoms with Gasteiger partial charge in [0.1, 0.15) is 0 Å². The molecule has 60 valence electrons. The van der Waals surface area contributed by atoms with Crippen molar-refractivity contribution >= 4 is 39.9 Å². The number of benzene rings is 1. The average molecular weight is 289 g/mol. The molecule has 0 heterocycles. The van der Waals surface area contributed by atoms with Crippen molar-refractivity contribution in [3.63, 3.8) is 0 Å². The molecule has 0 aliphatic rings. The monoisotopic (exact) mass is 289 g/mol. The Morgan fingerprint density at radius 3 is 2.45 bits per heavy atom. The summed E-state index contributed by atoms with van der Waals surface area (Å²) in [4.78, 5) is 0. The van der Waals surface area contributed by atoms with Crippen molar-refractivity contribution in [2.45, 2.75) is 0 Å². The summed E-state index contributed by atoms with van der Waals surface area (Å²) in [6, 6.07) is 1.27. The Kier molecular flexibility index (Phi) is 2.54. The van der Waals surface area contributed by atoms with Gasteiger partial charge >= 0.3 is 0 Å². The van der Waals surface area contributed by atoms with E-state index in [0.29, 0.717) is 3.57 Å². The Morgan fingerprint density at radius 2 is 1.91 bits per heavy atom. The zero-order chi connectivity index (χ0) is 8.59. The number of nitrogen functional groups attached to an aromatic ring is 1. The van der Waals surface area contributed by atoms with Gasteiger partial charge in [-0.15, -0.1) is 0 Å². The zero-order valence-corrected chi connectivity index (χ0v) is 8.08. The highest BCUT2D eigenvalue weighted by molar-refractivity contribution is 14.1. The van der Waals surface area contributed by atoms with Gasteiger partial charge in [0.2, 0.25) is 0 Å². The second-order valence-corrected chi connectivity index (χ2v) is 3.45. The van der Waals surface area contributed by atoms with Crippen LogP contribution in [0.4, 0.5) is 14.5 Å². The molecule has 0 saturated heterocycles. The van der Waals surface area contributed by atoms with E-state index >= 15 is 0 Å². The molecule has 0 amide bonds. The minimum Gasteiger partial charge on any atom is -0.395 e. The lowest BCUT2D eigenvalue weighted by molar-refractivity contribution is 0.512. The number of anilines is 1. The van der Waals surface area contributed by atoms with Gasteiger partial charge in [-0.1, -0.05) is 11.6 Å². The van der Waals surface area contributed by atoms with Crippen LogP contribution in [0.2, 0.25) is 5.02 Å². The molecule has 2 N–H and O–H groups in total. The van der Waals surface area contributed by atoms with Crippen molar-refractivity contribution in [1.82, 2.24) is 0 Å². The molecule has 0 atom stereocenters. The molecule has 0 saturated carbocycles. The molecule has 1 nitrogen and oxygen atoms in total. The lowest BCUT2D eigenvalue weighted by Crippen LogP contribution is -1.98. The van der Waals surface area contributed by atoms with Crippen molar-refractivity contribution in [3.05, 3.63) is 26.3 Å². The fourth-order valence-electron chi connectivity index (χ4n) is 0.580. The molecule has 0 unspecified atom stereocenters. The standard InChI is InChI=1S/C6H3ClF2IN/c7-2-1-3(10)6(11)5(9)4(2)8/h1H,11H2. The van der Waals surface area contributed by atoms with Gasteiger partial charge in [-0.05, 0) is 28.7 Å². The lowest BCUT2D eigenvalue weighted by atomic mass is 10.3. The molecule has 1 aromatic carbocycles. The molecule has 0 fully saturated rings. The maximum Gasteiger partial charge on any atom is 0.184 e. The third-order valence-electron chi connectivity index (χ3n) is 1.15. The van der Waals surface area contributed by atoms with E-state index in [1.165, 1.54) is 6.07 Å². The molecular weight excluding hydrogens is 286 g/mol. The number of rotatable bonds is 0. The van der Waals surface area contributed by atoms with Crippen LogP contribution < -0.4 is 5.73 Å². The maximum absolute atomic E-state index is 12.7. The van der Waals surface area contributed by atoms with Crippen LogP contribution in [0, 0.1) is 15.2 Å². The van der Waals surface area contributed by atoms with Gasteiger partial charge in [-0.3, -0.25) is 0 Å². The van der Waals surface area contributed by atoms with E-state index in [2.05, 4.69) is 0 Å². The third-order valence-corrected chi connectivity index (χ3v) is 2.32. The SMILES string of the molecule is Nc1c(I)cc(Cl)c(F)c1F. The first-order valence-corrected chi connectivity index (χ1v) is 4.08. The molecule has 5 heteroatoms. The maximum atomic E-state index is 12.7. The summed E-state index contributed by atoms with van der Waals surface area (Å²) < 4.78 is 25.7. The lowest BCUT2D eigenvalue weighted by Gasteiger charge is -2.01. The summed E-state index contributed by atoms with van der Waals surface area (Å²) in [6.07, 6.45) is 0. The van der Waals surface area contributed by atoms with Gasteiger partial charge in [0, 0.05) is 3.57 Å². The van der Waals surface area contributed by atoms with Gasteiger partial charge in [0.25, 0.3) is 0 Å². The second-order valence-electron chi connectivity index (χ2n) is 1.88. The van der Waals surface area contributed by atoms with Crippen LogP contribution in [0.15, 0.2) is 6.07 Å². The molecule has 0 aliphatic heterocycles. The summed E-state index contributed by atoms with van der Waals surface area (Å²) in [5.41, 5.74) is 4.97. The quantitative estimate of drug-likeness (QED) is 0.338. The van der Waals surface area contributed by atoms with Gasteiger partial charge < -0.3 is 5.73 Å². The number of halogens is 4. The first kappa shape index (κ1) is 8.99. The molecule has 0 spiro atoms. The van der Waals surface area contributed by atoms with E-state index in [1.54, 1.807) is 22.6 Å². The highest BCUT2D eigenvalue weighted by Crippen LogP contribution is 2.26. The molecule has 1 rings (SSSR count). The van der Waals surface area contributed by atoms with E-state index in [0.717, 1.165) is 0 Å². The van der Waals surface area contributed by atoms with Crippen LogP contribution in [0.3, 0.4) is 0 Å². The van der Waals surface area contributed by atoms with E-state index < -0.39 is 11.6 Å². The summed E-state index contributed by atoms with van der Waals surface area (Å²) in [6.45, 7) is 0. The molecule has 0 aliphatic carbocycles. The topological polar surface area (TPSA) is 26.0 Å². The van der Waals surface area contributed by atoms with Gasteiger partial charge in [-0.2, -0.15) is 0 Å². The predicted molar refractivity (Wildman–Crippen MR) is 48.5 cm³/mol. The zero-order valence-electron chi connectivity index (χ0n) is 5.17. The summed E-state index contributed by atoms with van der Waals surface area (Å²) in [7, 11) is 0.